The molecule has 0 aliphatic heterocycles. The number of nitrogens with one attached hydrogen (secondary N) is 1. The minimum absolute atomic E-state index is 0.0486. The Hall–Kier alpha value is -1.38. The van der Waals surface area contributed by atoms with Crippen molar-refractivity contribution >= 4 is 28.5 Å². The van der Waals surface area contributed by atoms with Gasteiger partial charge >= 0.3 is 0 Å². The van der Waals surface area contributed by atoms with Crippen LogP contribution in [-0.2, 0) is 24.9 Å². The van der Waals surface area contributed by atoms with Gasteiger partial charge in [0.2, 0.25) is 5.91 Å². The summed E-state index contributed by atoms with van der Waals surface area (Å²) in [6.07, 6.45) is 6.92. The highest BCUT2D eigenvalue weighted by Gasteiger charge is 2.03. The average Bonchev–Trinajstić information content (AvgIpc) is 2.96. The van der Waals surface area contributed by atoms with Crippen molar-refractivity contribution in [2.75, 3.05) is 0 Å². The Morgan fingerprint density at radius 3 is 3.00 bits per heavy atom. The molecule has 0 saturated heterocycles. The van der Waals surface area contributed by atoms with E-state index in [1.165, 1.54) is 0 Å². The molecule has 2 aromatic rings. The van der Waals surface area contributed by atoms with Crippen molar-refractivity contribution in [3.05, 3.63) is 33.9 Å². The van der Waals surface area contributed by atoms with E-state index < -0.39 is 0 Å². The number of hydrogen-bond acceptors (Lipinski definition) is 3. The molecule has 0 saturated carbocycles. The molecule has 0 unspecified atom stereocenters. The summed E-state index contributed by atoms with van der Waals surface area (Å²) < 4.78 is 4.69. The van der Waals surface area contributed by atoms with Gasteiger partial charge in [0.25, 0.3) is 0 Å². The van der Waals surface area contributed by atoms with E-state index in [-0.39, 0.29) is 5.91 Å². The number of carbonyl (C=O) groups excluding carboxylic acids is 1. The Morgan fingerprint density at radius 1 is 1.53 bits per heavy atom. The fraction of sp³-hybridized carbons (Fsp3) is 0.417. The van der Waals surface area contributed by atoms with E-state index >= 15 is 0 Å². The standard InChI is InChI=1S/C12H16IN5O/c1-17-6-4-11(16-17)8-14-12(19)3-2-5-18-9-10(13)7-15-18/h4,6-7,9H,2-3,5,8H2,1H3,(H,14,19). The van der Waals surface area contributed by atoms with Crippen LogP contribution in [-0.4, -0.2) is 25.5 Å². The van der Waals surface area contributed by atoms with Gasteiger partial charge in [0, 0.05) is 32.4 Å². The van der Waals surface area contributed by atoms with Gasteiger partial charge in [-0.1, -0.05) is 0 Å². The first kappa shape index (κ1) is 14.0. The molecule has 0 radical (unpaired) electrons. The molecule has 6 nitrogen and oxygen atoms in total. The van der Waals surface area contributed by atoms with Gasteiger partial charge in [-0.2, -0.15) is 10.2 Å². The fourth-order valence-electron chi connectivity index (χ4n) is 1.70. The maximum absolute atomic E-state index is 11.6. The van der Waals surface area contributed by atoms with E-state index in [1.54, 1.807) is 4.68 Å². The Bertz CT molecular complexity index is 548. The van der Waals surface area contributed by atoms with Crippen LogP contribution in [0.4, 0.5) is 0 Å². The number of nitrogens with zero attached hydrogens (tertiary/aromatic N) is 4. The third kappa shape index (κ3) is 4.66. The maximum Gasteiger partial charge on any atom is 0.220 e. The molecule has 0 aliphatic carbocycles. The number of hydrogen-bond donors (Lipinski definition) is 1. The molecule has 0 bridgehead atoms. The molecule has 0 fully saturated rings. The summed E-state index contributed by atoms with van der Waals surface area (Å²) in [5.74, 6) is 0.0486. The molecule has 2 aromatic heterocycles. The Labute approximate surface area is 125 Å². The van der Waals surface area contributed by atoms with Crippen molar-refractivity contribution in [3.8, 4) is 0 Å². The van der Waals surface area contributed by atoms with Gasteiger partial charge in [-0.05, 0) is 35.1 Å². The van der Waals surface area contributed by atoms with Crippen LogP contribution in [0.25, 0.3) is 0 Å². The van der Waals surface area contributed by atoms with Crippen LogP contribution in [0.2, 0.25) is 0 Å². The van der Waals surface area contributed by atoms with Crippen molar-refractivity contribution in [2.24, 2.45) is 7.05 Å². The van der Waals surface area contributed by atoms with Crippen molar-refractivity contribution < 1.29 is 4.79 Å². The lowest BCUT2D eigenvalue weighted by molar-refractivity contribution is -0.121. The third-order valence-electron chi connectivity index (χ3n) is 2.63. The van der Waals surface area contributed by atoms with Gasteiger partial charge < -0.3 is 5.32 Å². The number of amides is 1. The minimum atomic E-state index is 0.0486. The Kier molecular flexibility index (Phi) is 4.94. The second-order valence-electron chi connectivity index (χ2n) is 4.28. The van der Waals surface area contributed by atoms with Gasteiger partial charge in [-0.25, -0.2) is 0 Å². The number of halogens is 1. The zero-order valence-corrected chi connectivity index (χ0v) is 12.9. The molecule has 0 atom stereocenters. The number of rotatable bonds is 6. The summed E-state index contributed by atoms with van der Waals surface area (Å²) in [4.78, 5) is 11.6. The zero-order chi connectivity index (χ0) is 13.7. The highest BCUT2D eigenvalue weighted by molar-refractivity contribution is 14.1. The molecule has 0 spiro atoms. The monoisotopic (exact) mass is 373 g/mol. The molecule has 1 N–H and O–H groups in total. The predicted molar refractivity (Wildman–Crippen MR) is 79.2 cm³/mol. The molecular formula is C12H16IN5O. The van der Waals surface area contributed by atoms with Crippen molar-refractivity contribution in [3.63, 3.8) is 0 Å². The summed E-state index contributed by atoms with van der Waals surface area (Å²) in [5, 5.41) is 11.2. The van der Waals surface area contributed by atoms with Crippen LogP contribution < -0.4 is 5.32 Å². The molecular weight excluding hydrogens is 357 g/mol. The highest BCUT2D eigenvalue weighted by atomic mass is 127. The van der Waals surface area contributed by atoms with E-state index in [4.69, 9.17) is 0 Å². The summed E-state index contributed by atoms with van der Waals surface area (Å²) in [5.41, 5.74) is 0.873. The second kappa shape index (κ2) is 6.69. The molecule has 7 heteroatoms. The average molecular weight is 373 g/mol. The van der Waals surface area contributed by atoms with Gasteiger partial charge in [-0.15, -0.1) is 0 Å². The SMILES string of the molecule is Cn1ccc(CNC(=O)CCCn2cc(I)cn2)n1. The summed E-state index contributed by atoms with van der Waals surface area (Å²) in [6.45, 7) is 1.25. The van der Waals surface area contributed by atoms with E-state index in [1.807, 2.05) is 36.4 Å². The Balaban J connectivity index is 1.64. The highest BCUT2D eigenvalue weighted by Crippen LogP contribution is 2.03. The second-order valence-corrected chi connectivity index (χ2v) is 5.53. The van der Waals surface area contributed by atoms with E-state index in [0.29, 0.717) is 13.0 Å². The predicted octanol–water partition coefficient (Wildman–Crippen LogP) is 1.32. The van der Waals surface area contributed by atoms with Crippen LogP contribution in [0.5, 0.6) is 0 Å². The van der Waals surface area contributed by atoms with Crippen LogP contribution in [0, 0.1) is 3.57 Å². The van der Waals surface area contributed by atoms with Crippen molar-refractivity contribution in [1.82, 2.24) is 24.9 Å². The zero-order valence-electron chi connectivity index (χ0n) is 10.7. The van der Waals surface area contributed by atoms with Gasteiger partial charge in [0.15, 0.2) is 0 Å². The molecule has 1 amide bonds. The third-order valence-corrected chi connectivity index (χ3v) is 3.19. The first-order chi connectivity index (χ1) is 9.13. The van der Waals surface area contributed by atoms with Crippen LogP contribution >= 0.6 is 22.6 Å². The number of carbonyl (C=O) groups is 1. The van der Waals surface area contributed by atoms with Crippen molar-refractivity contribution in [2.45, 2.75) is 25.9 Å². The fourth-order valence-corrected chi connectivity index (χ4v) is 2.14. The molecule has 2 rings (SSSR count). The summed E-state index contributed by atoms with van der Waals surface area (Å²) in [7, 11) is 1.86. The number of aromatic nitrogens is 4. The quantitative estimate of drug-likeness (QED) is 0.777. The van der Waals surface area contributed by atoms with E-state index in [2.05, 4.69) is 38.1 Å². The summed E-state index contributed by atoms with van der Waals surface area (Å²) in [6, 6.07) is 1.89. The lowest BCUT2D eigenvalue weighted by Gasteiger charge is -2.03. The largest absolute Gasteiger partial charge is 0.350 e. The van der Waals surface area contributed by atoms with Gasteiger partial charge in [0.1, 0.15) is 0 Å². The Morgan fingerprint density at radius 2 is 2.37 bits per heavy atom. The summed E-state index contributed by atoms with van der Waals surface area (Å²) >= 11 is 2.22. The lowest BCUT2D eigenvalue weighted by atomic mass is 10.3. The maximum atomic E-state index is 11.6. The topological polar surface area (TPSA) is 64.7 Å². The molecule has 2 heterocycles. The van der Waals surface area contributed by atoms with Gasteiger partial charge in [0.05, 0.1) is 22.0 Å². The van der Waals surface area contributed by atoms with Crippen LogP contribution in [0.1, 0.15) is 18.5 Å². The normalized spacial score (nSPS) is 10.6. The van der Waals surface area contributed by atoms with Crippen molar-refractivity contribution in [1.29, 1.82) is 0 Å². The smallest absolute Gasteiger partial charge is 0.220 e. The number of aryl methyl sites for hydroxylation is 2. The lowest BCUT2D eigenvalue weighted by Crippen LogP contribution is -2.23. The molecule has 0 aromatic carbocycles. The molecule has 19 heavy (non-hydrogen) atoms. The molecule has 102 valence electrons. The first-order valence-electron chi connectivity index (χ1n) is 6.06. The van der Waals surface area contributed by atoms with E-state index in [0.717, 1.165) is 22.2 Å². The van der Waals surface area contributed by atoms with Crippen LogP contribution in [0.3, 0.4) is 0 Å². The van der Waals surface area contributed by atoms with E-state index in [9.17, 15) is 4.79 Å². The minimum Gasteiger partial charge on any atom is -0.350 e. The van der Waals surface area contributed by atoms with Crippen LogP contribution in [0.15, 0.2) is 24.7 Å². The molecule has 0 aliphatic rings. The first-order valence-corrected chi connectivity index (χ1v) is 7.14. The van der Waals surface area contributed by atoms with Gasteiger partial charge in [-0.3, -0.25) is 14.2 Å².